The van der Waals surface area contributed by atoms with Crippen molar-refractivity contribution in [3.63, 3.8) is 0 Å². The average Bonchev–Trinajstić information content (AvgIpc) is 3.14. The lowest BCUT2D eigenvalue weighted by molar-refractivity contribution is -0.123. The van der Waals surface area contributed by atoms with Gasteiger partial charge in [-0.3, -0.25) is 14.5 Å². The number of benzene rings is 1. The number of carbonyl (C=O) groups excluding carboxylic acids is 2. The van der Waals surface area contributed by atoms with Gasteiger partial charge in [0.1, 0.15) is 0 Å². The van der Waals surface area contributed by atoms with Crippen LogP contribution in [0.15, 0.2) is 24.3 Å². The van der Waals surface area contributed by atoms with Crippen molar-refractivity contribution in [1.82, 2.24) is 5.32 Å². The zero-order valence-electron chi connectivity index (χ0n) is 10.5. The lowest BCUT2D eigenvalue weighted by atomic mass is 10.1. The first kappa shape index (κ1) is 11.4. The Labute approximate surface area is 106 Å². The fourth-order valence-electron chi connectivity index (χ4n) is 2.54. The van der Waals surface area contributed by atoms with Gasteiger partial charge in [-0.1, -0.05) is 12.1 Å². The molecule has 1 aliphatic carbocycles. The Balaban J connectivity index is 1.93. The molecule has 2 amide bonds. The van der Waals surface area contributed by atoms with Gasteiger partial charge in [0.2, 0.25) is 11.8 Å². The normalized spacial score (nSPS) is 27.3. The lowest BCUT2D eigenvalue weighted by Crippen LogP contribution is -2.32. The van der Waals surface area contributed by atoms with Crippen molar-refractivity contribution in [2.45, 2.75) is 19.4 Å². The van der Waals surface area contributed by atoms with Crippen molar-refractivity contribution >= 4 is 17.5 Å². The fraction of sp³-hybridized carbons (Fsp3) is 0.429. The third kappa shape index (κ3) is 1.56. The predicted molar refractivity (Wildman–Crippen MR) is 68.0 cm³/mol. The Morgan fingerprint density at radius 3 is 2.56 bits per heavy atom. The molecule has 1 saturated heterocycles. The molecule has 2 fully saturated rings. The molecule has 3 unspecified atom stereocenters. The van der Waals surface area contributed by atoms with E-state index < -0.39 is 0 Å². The average molecular weight is 244 g/mol. The number of amides is 2. The molecule has 2 aliphatic rings. The second kappa shape index (κ2) is 3.92. The van der Waals surface area contributed by atoms with Crippen molar-refractivity contribution in [2.24, 2.45) is 11.8 Å². The highest BCUT2D eigenvalue weighted by Gasteiger charge is 2.59. The number of hydrogen-bond acceptors (Lipinski definition) is 3. The molecule has 94 valence electrons. The van der Waals surface area contributed by atoms with Gasteiger partial charge >= 0.3 is 0 Å². The van der Waals surface area contributed by atoms with Crippen LogP contribution in [-0.2, 0) is 9.59 Å². The standard InChI is InChI=1S/C14H16N2O2/c1-8(15-2)9-4-3-5-10(6-9)16-13(17)11-7-12(11)14(16)18/h3-6,8,11-12,15H,7H2,1-2H3. The highest BCUT2D eigenvalue weighted by atomic mass is 16.2. The van der Waals surface area contributed by atoms with Crippen molar-refractivity contribution in [1.29, 1.82) is 0 Å². The molecule has 1 saturated carbocycles. The molecule has 1 heterocycles. The number of fused-ring (bicyclic) bond motifs is 1. The smallest absolute Gasteiger partial charge is 0.237 e. The van der Waals surface area contributed by atoms with Gasteiger partial charge in [-0.15, -0.1) is 0 Å². The first-order chi connectivity index (χ1) is 8.63. The van der Waals surface area contributed by atoms with E-state index in [-0.39, 0.29) is 29.7 Å². The van der Waals surface area contributed by atoms with Crippen LogP contribution >= 0.6 is 0 Å². The highest BCUT2D eigenvalue weighted by molar-refractivity contribution is 6.24. The third-order valence-corrected chi connectivity index (χ3v) is 3.93. The van der Waals surface area contributed by atoms with Gasteiger partial charge in [0.15, 0.2) is 0 Å². The molecule has 0 spiro atoms. The molecule has 1 N–H and O–H groups in total. The Morgan fingerprint density at radius 2 is 1.94 bits per heavy atom. The van der Waals surface area contributed by atoms with Crippen LogP contribution in [0, 0.1) is 11.8 Å². The second-order valence-electron chi connectivity index (χ2n) is 5.07. The van der Waals surface area contributed by atoms with Crippen LogP contribution in [0.1, 0.15) is 24.9 Å². The van der Waals surface area contributed by atoms with Gasteiger partial charge in [-0.05, 0) is 38.1 Å². The molecule has 0 radical (unpaired) electrons. The maximum atomic E-state index is 12.0. The lowest BCUT2D eigenvalue weighted by Gasteiger charge is -2.19. The quantitative estimate of drug-likeness (QED) is 0.819. The first-order valence-electron chi connectivity index (χ1n) is 6.28. The summed E-state index contributed by atoms with van der Waals surface area (Å²) in [4.78, 5) is 25.3. The summed E-state index contributed by atoms with van der Waals surface area (Å²) >= 11 is 0. The Morgan fingerprint density at radius 1 is 1.28 bits per heavy atom. The summed E-state index contributed by atoms with van der Waals surface area (Å²) in [7, 11) is 1.89. The minimum absolute atomic E-state index is 0.0285. The third-order valence-electron chi connectivity index (χ3n) is 3.93. The van der Waals surface area contributed by atoms with E-state index in [2.05, 4.69) is 5.32 Å². The maximum absolute atomic E-state index is 12.0. The van der Waals surface area contributed by atoms with Gasteiger partial charge in [0, 0.05) is 6.04 Å². The summed E-state index contributed by atoms with van der Waals surface area (Å²) in [6.07, 6.45) is 0.751. The highest BCUT2D eigenvalue weighted by Crippen LogP contribution is 2.48. The van der Waals surface area contributed by atoms with Crippen LogP contribution in [0.3, 0.4) is 0 Å². The van der Waals surface area contributed by atoms with Crippen molar-refractivity contribution < 1.29 is 9.59 Å². The van der Waals surface area contributed by atoms with Crippen molar-refractivity contribution in [3.05, 3.63) is 29.8 Å². The number of carbonyl (C=O) groups is 2. The second-order valence-corrected chi connectivity index (χ2v) is 5.07. The van der Waals surface area contributed by atoms with Gasteiger partial charge in [-0.25, -0.2) is 0 Å². The van der Waals surface area contributed by atoms with E-state index in [0.717, 1.165) is 12.0 Å². The van der Waals surface area contributed by atoms with Crippen molar-refractivity contribution in [3.8, 4) is 0 Å². The van der Waals surface area contributed by atoms with Crippen LogP contribution in [0.2, 0.25) is 0 Å². The molecule has 1 aromatic carbocycles. The van der Waals surface area contributed by atoms with Crippen molar-refractivity contribution in [2.75, 3.05) is 11.9 Å². The van der Waals surface area contributed by atoms with E-state index in [1.54, 1.807) is 0 Å². The van der Waals surface area contributed by atoms with Crippen LogP contribution in [-0.4, -0.2) is 18.9 Å². The van der Waals surface area contributed by atoms with Gasteiger partial charge < -0.3 is 5.32 Å². The number of piperidine rings is 1. The summed E-state index contributed by atoms with van der Waals surface area (Å²) in [5.41, 5.74) is 1.79. The summed E-state index contributed by atoms with van der Waals surface area (Å²) in [6, 6.07) is 7.83. The van der Waals surface area contributed by atoms with E-state index in [1.165, 1.54) is 4.90 Å². The van der Waals surface area contributed by atoms with E-state index in [0.29, 0.717) is 5.69 Å². The number of hydrogen-bond donors (Lipinski definition) is 1. The zero-order chi connectivity index (χ0) is 12.9. The molecule has 0 aromatic heterocycles. The monoisotopic (exact) mass is 244 g/mol. The number of imide groups is 1. The van der Waals surface area contributed by atoms with Gasteiger partial charge in [0.05, 0.1) is 17.5 Å². The number of nitrogens with one attached hydrogen (secondary N) is 1. The minimum Gasteiger partial charge on any atom is -0.313 e. The predicted octanol–water partition coefficient (Wildman–Crippen LogP) is 1.48. The fourth-order valence-corrected chi connectivity index (χ4v) is 2.54. The Bertz CT molecular complexity index is 506. The first-order valence-corrected chi connectivity index (χ1v) is 6.28. The number of nitrogens with zero attached hydrogens (tertiary/aromatic N) is 1. The topological polar surface area (TPSA) is 49.4 Å². The molecular formula is C14H16N2O2. The number of rotatable bonds is 3. The molecule has 1 aliphatic heterocycles. The van der Waals surface area contributed by atoms with Crippen LogP contribution in [0.5, 0.6) is 0 Å². The van der Waals surface area contributed by atoms with E-state index in [4.69, 9.17) is 0 Å². The van der Waals surface area contributed by atoms with E-state index >= 15 is 0 Å². The molecule has 4 heteroatoms. The molecule has 0 bridgehead atoms. The molecule has 3 rings (SSSR count). The van der Waals surface area contributed by atoms with Gasteiger partial charge in [-0.2, -0.15) is 0 Å². The molecular weight excluding hydrogens is 228 g/mol. The molecule has 1 aromatic rings. The van der Waals surface area contributed by atoms with Crippen LogP contribution < -0.4 is 10.2 Å². The summed E-state index contributed by atoms with van der Waals surface area (Å²) < 4.78 is 0. The SMILES string of the molecule is CNC(C)c1cccc(N2C(=O)C3CC3C2=O)c1. The Hall–Kier alpha value is -1.68. The van der Waals surface area contributed by atoms with Gasteiger partial charge in [0.25, 0.3) is 0 Å². The van der Waals surface area contributed by atoms with E-state index in [9.17, 15) is 9.59 Å². The largest absolute Gasteiger partial charge is 0.313 e. The Kier molecular flexibility index (Phi) is 2.48. The van der Waals surface area contributed by atoms with Crippen LogP contribution in [0.25, 0.3) is 0 Å². The molecule has 4 nitrogen and oxygen atoms in total. The molecule has 18 heavy (non-hydrogen) atoms. The minimum atomic E-state index is -0.0390. The summed E-state index contributed by atoms with van der Waals surface area (Å²) in [5.74, 6) is -0.135. The summed E-state index contributed by atoms with van der Waals surface area (Å²) in [5, 5.41) is 3.15. The van der Waals surface area contributed by atoms with Crippen LogP contribution in [0.4, 0.5) is 5.69 Å². The zero-order valence-corrected chi connectivity index (χ0v) is 10.5. The number of anilines is 1. The van der Waals surface area contributed by atoms with E-state index in [1.807, 2.05) is 38.2 Å². The summed E-state index contributed by atoms with van der Waals surface area (Å²) in [6.45, 7) is 2.05. The molecule has 3 atom stereocenters. The maximum Gasteiger partial charge on any atom is 0.237 e.